The van der Waals surface area contributed by atoms with Crippen molar-refractivity contribution in [1.29, 1.82) is 0 Å². The van der Waals surface area contributed by atoms with Gasteiger partial charge >= 0.3 is 0 Å². The molecule has 0 unspecified atom stereocenters. The summed E-state index contributed by atoms with van der Waals surface area (Å²) in [5, 5.41) is 25.8. The van der Waals surface area contributed by atoms with Crippen LogP contribution in [0.3, 0.4) is 0 Å². The Morgan fingerprint density at radius 2 is 2.00 bits per heavy atom. The molecular weight excluding hydrogens is 136 g/mol. The summed E-state index contributed by atoms with van der Waals surface area (Å²) in [5.74, 6) is -0.457. The Balaban J connectivity index is 3.81. The van der Waals surface area contributed by atoms with Gasteiger partial charge in [0.1, 0.15) is 12.2 Å². The van der Waals surface area contributed by atoms with Gasteiger partial charge in [-0.3, -0.25) is 4.79 Å². The first-order valence-electron chi connectivity index (χ1n) is 3.13. The SMILES string of the molecule is CCC(=O)[C@H](O)[C@@H](O)CO. The van der Waals surface area contributed by atoms with E-state index in [9.17, 15) is 4.79 Å². The molecule has 0 aliphatic carbocycles. The minimum absolute atomic E-state index is 0.165. The van der Waals surface area contributed by atoms with E-state index in [1.807, 2.05) is 0 Å². The van der Waals surface area contributed by atoms with Crippen LogP contribution < -0.4 is 0 Å². The Hall–Kier alpha value is -0.450. The molecule has 0 saturated heterocycles. The molecule has 2 atom stereocenters. The molecular formula is C6H12O4. The van der Waals surface area contributed by atoms with Crippen LogP contribution in [0.25, 0.3) is 0 Å². The maximum Gasteiger partial charge on any atom is 0.163 e. The summed E-state index contributed by atoms with van der Waals surface area (Å²) in [4.78, 5) is 10.6. The van der Waals surface area contributed by atoms with Crippen LogP contribution in [0.1, 0.15) is 13.3 Å². The van der Waals surface area contributed by atoms with E-state index in [1.54, 1.807) is 6.92 Å². The zero-order valence-corrected chi connectivity index (χ0v) is 5.82. The van der Waals surface area contributed by atoms with Crippen molar-refractivity contribution in [2.24, 2.45) is 0 Å². The Labute approximate surface area is 59.1 Å². The van der Waals surface area contributed by atoms with Crippen LogP contribution in [-0.2, 0) is 4.79 Å². The summed E-state index contributed by atoms with van der Waals surface area (Å²) in [5.41, 5.74) is 0. The van der Waals surface area contributed by atoms with E-state index in [-0.39, 0.29) is 6.42 Å². The highest BCUT2D eigenvalue weighted by Crippen LogP contribution is 1.96. The predicted molar refractivity (Wildman–Crippen MR) is 34.4 cm³/mol. The van der Waals surface area contributed by atoms with E-state index >= 15 is 0 Å². The molecule has 3 N–H and O–H groups in total. The number of carbonyl (C=O) groups excluding carboxylic acids is 1. The fourth-order valence-electron chi connectivity index (χ4n) is 0.524. The van der Waals surface area contributed by atoms with Gasteiger partial charge in [-0.2, -0.15) is 0 Å². The van der Waals surface area contributed by atoms with E-state index in [0.717, 1.165) is 0 Å². The summed E-state index contributed by atoms with van der Waals surface area (Å²) in [6, 6.07) is 0. The van der Waals surface area contributed by atoms with Gasteiger partial charge in [0.15, 0.2) is 5.78 Å². The number of hydrogen-bond acceptors (Lipinski definition) is 4. The third kappa shape index (κ3) is 2.43. The number of rotatable bonds is 4. The maximum absolute atomic E-state index is 10.6. The Morgan fingerprint density at radius 1 is 1.50 bits per heavy atom. The molecule has 0 radical (unpaired) electrons. The van der Waals surface area contributed by atoms with Crippen molar-refractivity contribution >= 4 is 5.78 Å². The topological polar surface area (TPSA) is 77.8 Å². The molecule has 0 saturated carbocycles. The molecule has 0 aromatic rings. The van der Waals surface area contributed by atoms with Crippen molar-refractivity contribution < 1.29 is 20.1 Å². The quantitative estimate of drug-likeness (QED) is 0.462. The first-order valence-corrected chi connectivity index (χ1v) is 3.13. The Kier molecular flexibility index (Phi) is 4.18. The average molecular weight is 148 g/mol. The molecule has 0 aromatic heterocycles. The van der Waals surface area contributed by atoms with Crippen LogP contribution in [0.5, 0.6) is 0 Å². The Bertz CT molecular complexity index is 112. The highest BCUT2D eigenvalue weighted by Gasteiger charge is 2.21. The van der Waals surface area contributed by atoms with Gasteiger partial charge in [-0.25, -0.2) is 0 Å². The lowest BCUT2D eigenvalue weighted by atomic mass is 10.1. The van der Waals surface area contributed by atoms with E-state index in [1.165, 1.54) is 0 Å². The molecule has 0 fully saturated rings. The second-order valence-corrected chi connectivity index (χ2v) is 2.01. The number of carbonyl (C=O) groups is 1. The third-order valence-electron chi connectivity index (χ3n) is 1.23. The van der Waals surface area contributed by atoms with Crippen molar-refractivity contribution in [3.8, 4) is 0 Å². The van der Waals surface area contributed by atoms with Crippen LogP contribution in [0.4, 0.5) is 0 Å². The van der Waals surface area contributed by atoms with Gasteiger partial charge in [0.05, 0.1) is 6.61 Å². The lowest BCUT2D eigenvalue weighted by molar-refractivity contribution is -0.134. The zero-order chi connectivity index (χ0) is 8.15. The fourth-order valence-corrected chi connectivity index (χ4v) is 0.524. The molecule has 60 valence electrons. The van der Waals surface area contributed by atoms with Gasteiger partial charge in [0.2, 0.25) is 0 Å². The van der Waals surface area contributed by atoms with Crippen LogP contribution in [0.15, 0.2) is 0 Å². The van der Waals surface area contributed by atoms with Crippen LogP contribution >= 0.6 is 0 Å². The van der Waals surface area contributed by atoms with Crippen LogP contribution in [0, 0.1) is 0 Å². The molecule has 0 amide bonds. The summed E-state index contributed by atoms with van der Waals surface area (Å²) in [7, 11) is 0. The molecule has 0 aromatic carbocycles. The van der Waals surface area contributed by atoms with Gasteiger partial charge in [-0.05, 0) is 0 Å². The van der Waals surface area contributed by atoms with Crippen LogP contribution in [-0.4, -0.2) is 39.9 Å². The number of hydrogen-bond donors (Lipinski definition) is 3. The minimum Gasteiger partial charge on any atom is -0.394 e. The summed E-state index contributed by atoms with van der Waals surface area (Å²) < 4.78 is 0. The van der Waals surface area contributed by atoms with Crippen LogP contribution in [0.2, 0.25) is 0 Å². The molecule has 0 rings (SSSR count). The highest BCUT2D eigenvalue weighted by atomic mass is 16.4. The average Bonchev–Trinajstić information content (AvgIpc) is 2.00. The maximum atomic E-state index is 10.6. The van der Waals surface area contributed by atoms with Gasteiger partial charge in [0.25, 0.3) is 0 Å². The highest BCUT2D eigenvalue weighted by molar-refractivity contribution is 5.83. The summed E-state index contributed by atoms with van der Waals surface area (Å²) >= 11 is 0. The number of ketones is 1. The molecule has 0 aliphatic heterocycles. The second kappa shape index (κ2) is 4.38. The first-order chi connectivity index (χ1) is 4.63. The van der Waals surface area contributed by atoms with Crippen molar-refractivity contribution in [1.82, 2.24) is 0 Å². The predicted octanol–water partition coefficient (Wildman–Crippen LogP) is -1.32. The fraction of sp³-hybridized carbons (Fsp3) is 0.833. The monoisotopic (exact) mass is 148 g/mol. The standard InChI is InChI=1S/C6H12O4/c1-2-4(8)6(10)5(9)3-7/h5-7,9-10H,2-3H2,1H3/t5-,6-/m0/s1. The molecule has 0 aliphatic rings. The minimum atomic E-state index is -1.44. The van der Waals surface area contributed by atoms with Crippen molar-refractivity contribution in [2.45, 2.75) is 25.6 Å². The largest absolute Gasteiger partial charge is 0.394 e. The van der Waals surface area contributed by atoms with Gasteiger partial charge in [0, 0.05) is 6.42 Å². The van der Waals surface area contributed by atoms with Gasteiger partial charge in [-0.1, -0.05) is 6.92 Å². The number of aliphatic hydroxyl groups is 3. The molecule has 4 heteroatoms. The van der Waals surface area contributed by atoms with Gasteiger partial charge in [-0.15, -0.1) is 0 Å². The van der Waals surface area contributed by atoms with Crippen molar-refractivity contribution in [2.75, 3.05) is 6.61 Å². The molecule has 10 heavy (non-hydrogen) atoms. The zero-order valence-electron chi connectivity index (χ0n) is 5.82. The lowest BCUT2D eigenvalue weighted by Gasteiger charge is -2.12. The summed E-state index contributed by atoms with van der Waals surface area (Å²) in [6.07, 6.45) is -2.61. The second-order valence-electron chi connectivity index (χ2n) is 2.01. The van der Waals surface area contributed by atoms with E-state index in [4.69, 9.17) is 15.3 Å². The smallest absolute Gasteiger partial charge is 0.163 e. The van der Waals surface area contributed by atoms with E-state index in [0.29, 0.717) is 0 Å². The Morgan fingerprint density at radius 3 is 2.30 bits per heavy atom. The lowest BCUT2D eigenvalue weighted by Crippen LogP contribution is -2.35. The van der Waals surface area contributed by atoms with Gasteiger partial charge < -0.3 is 15.3 Å². The first kappa shape index (κ1) is 9.55. The number of aliphatic hydroxyl groups excluding tert-OH is 3. The van der Waals surface area contributed by atoms with E-state index in [2.05, 4.69) is 0 Å². The molecule has 0 spiro atoms. The molecule has 4 nitrogen and oxygen atoms in total. The van der Waals surface area contributed by atoms with Crippen molar-refractivity contribution in [3.05, 3.63) is 0 Å². The third-order valence-corrected chi connectivity index (χ3v) is 1.23. The molecule has 0 bridgehead atoms. The number of Topliss-reactive ketones (excluding diaryl/α,β-unsaturated/α-hetero) is 1. The van der Waals surface area contributed by atoms with E-state index < -0.39 is 24.6 Å². The normalized spacial score (nSPS) is 16.4. The molecule has 0 heterocycles. The van der Waals surface area contributed by atoms with Crippen molar-refractivity contribution in [3.63, 3.8) is 0 Å². The summed E-state index contributed by atoms with van der Waals surface area (Å²) in [6.45, 7) is 0.989.